The van der Waals surface area contributed by atoms with Gasteiger partial charge in [0.25, 0.3) is 0 Å². The Bertz CT molecular complexity index is 667. The second-order valence-electron chi connectivity index (χ2n) is 4.24. The monoisotopic (exact) mass is 290 g/mol. The Kier molecular flexibility index (Phi) is 4.42. The van der Waals surface area contributed by atoms with Crippen molar-refractivity contribution in [3.8, 4) is 17.2 Å². The Morgan fingerprint density at radius 1 is 0.905 bits per heavy atom. The highest BCUT2D eigenvalue weighted by Gasteiger charge is 2.17. The van der Waals surface area contributed by atoms with Gasteiger partial charge < -0.3 is 14.2 Å². The number of carbonyl (C=O) groups is 1. The highest BCUT2D eigenvalue weighted by atomic mass is 19.1. The summed E-state index contributed by atoms with van der Waals surface area (Å²) in [7, 11) is 4.35. The third kappa shape index (κ3) is 2.97. The zero-order valence-corrected chi connectivity index (χ0v) is 12.0. The van der Waals surface area contributed by atoms with Crippen LogP contribution < -0.4 is 14.2 Å². The van der Waals surface area contributed by atoms with Crippen molar-refractivity contribution >= 4 is 5.78 Å². The van der Waals surface area contributed by atoms with Gasteiger partial charge in [-0.05, 0) is 30.3 Å². The lowest BCUT2D eigenvalue weighted by Crippen LogP contribution is -2.05. The molecule has 0 fully saturated rings. The third-order valence-electron chi connectivity index (χ3n) is 3.07. The molecule has 21 heavy (non-hydrogen) atoms. The van der Waals surface area contributed by atoms with Gasteiger partial charge >= 0.3 is 0 Å². The van der Waals surface area contributed by atoms with E-state index in [1.807, 2.05) is 0 Å². The van der Waals surface area contributed by atoms with Crippen molar-refractivity contribution in [3.63, 3.8) is 0 Å². The molecule has 0 aromatic heterocycles. The van der Waals surface area contributed by atoms with Gasteiger partial charge in [-0.2, -0.15) is 0 Å². The number of hydrogen-bond donors (Lipinski definition) is 0. The fourth-order valence-corrected chi connectivity index (χ4v) is 1.95. The van der Waals surface area contributed by atoms with E-state index in [-0.39, 0.29) is 17.1 Å². The average Bonchev–Trinajstić information content (AvgIpc) is 2.53. The van der Waals surface area contributed by atoms with E-state index in [2.05, 4.69) is 0 Å². The molecular formula is C16H15FO4. The second kappa shape index (κ2) is 6.26. The molecule has 4 nitrogen and oxygen atoms in total. The van der Waals surface area contributed by atoms with Crippen molar-refractivity contribution in [2.45, 2.75) is 0 Å². The standard InChI is InChI=1S/C16H15FO4/c1-19-11-5-6-12(15(9-11)21-3)16(18)10-4-7-14(20-2)13(17)8-10/h4-9H,1-3H3. The summed E-state index contributed by atoms with van der Waals surface area (Å²) in [5.74, 6) is 0.111. The lowest BCUT2D eigenvalue weighted by Gasteiger charge is -2.10. The van der Waals surface area contributed by atoms with Crippen LogP contribution in [0, 0.1) is 5.82 Å². The summed E-state index contributed by atoms with van der Waals surface area (Å²) >= 11 is 0. The van der Waals surface area contributed by atoms with E-state index in [0.29, 0.717) is 17.1 Å². The fraction of sp³-hybridized carbons (Fsp3) is 0.188. The first kappa shape index (κ1) is 14.8. The molecule has 110 valence electrons. The maximum Gasteiger partial charge on any atom is 0.196 e. The van der Waals surface area contributed by atoms with Gasteiger partial charge in [0, 0.05) is 11.6 Å². The molecule has 0 unspecified atom stereocenters. The van der Waals surface area contributed by atoms with Crippen LogP contribution in [0.5, 0.6) is 17.2 Å². The van der Waals surface area contributed by atoms with E-state index >= 15 is 0 Å². The maximum atomic E-state index is 13.7. The van der Waals surface area contributed by atoms with Gasteiger partial charge in [0.05, 0.1) is 26.9 Å². The summed E-state index contributed by atoms with van der Waals surface area (Å²) in [6.07, 6.45) is 0. The lowest BCUT2D eigenvalue weighted by molar-refractivity contribution is 0.103. The molecule has 0 radical (unpaired) electrons. The molecule has 5 heteroatoms. The van der Waals surface area contributed by atoms with Crippen molar-refractivity contribution in [1.29, 1.82) is 0 Å². The van der Waals surface area contributed by atoms with Crippen LogP contribution in [-0.4, -0.2) is 27.1 Å². The number of hydrogen-bond acceptors (Lipinski definition) is 4. The number of benzene rings is 2. The van der Waals surface area contributed by atoms with Crippen LogP contribution in [0.25, 0.3) is 0 Å². The molecule has 2 aromatic carbocycles. The molecule has 0 bridgehead atoms. The summed E-state index contributed by atoms with van der Waals surface area (Å²) in [4.78, 5) is 12.4. The van der Waals surface area contributed by atoms with Gasteiger partial charge in [0.1, 0.15) is 11.5 Å². The maximum absolute atomic E-state index is 13.7. The average molecular weight is 290 g/mol. The Balaban J connectivity index is 2.42. The molecule has 0 aliphatic heterocycles. The highest BCUT2D eigenvalue weighted by Crippen LogP contribution is 2.28. The number of rotatable bonds is 5. The topological polar surface area (TPSA) is 44.8 Å². The first-order valence-electron chi connectivity index (χ1n) is 6.21. The SMILES string of the molecule is COc1ccc(C(=O)c2ccc(OC)c(F)c2)c(OC)c1. The van der Waals surface area contributed by atoms with Gasteiger partial charge in [0.2, 0.25) is 0 Å². The molecule has 0 heterocycles. The number of halogens is 1. The normalized spacial score (nSPS) is 10.1. The molecule has 0 atom stereocenters. The largest absolute Gasteiger partial charge is 0.497 e. The first-order valence-corrected chi connectivity index (χ1v) is 6.21. The molecule has 0 aliphatic rings. The van der Waals surface area contributed by atoms with Crippen molar-refractivity contribution < 1.29 is 23.4 Å². The van der Waals surface area contributed by atoms with E-state index in [0.717, 1.165) is 6.07 Å². The summed E-state index contributed by atoms with van der Waals surface area (Å²) in [6.45, 7) is 0. The van der Waals surface area contributed by atoms with Crippen LogP contribution in [0.3, 0.4) is 0 Å². The predicted octanol–water partition coefficient (Wildman–Crippen LogP) is 3.08. The van der Waals surface area contributed by atoms with Crippen LogP contribution in [-0.2, 0) is 0 Å². The molecule has 2 aromatic rings. The van der Waals surface area contributed by atoms with Crippen LogP contribution in [0.1, 0.15) is 15.9 Å². The van der Waals surface area contributed by atoms with Gasteiger partial charge in [-0.3, -0.25) is 4.79 Å². The fourth-order valence-electron chi connectivity index (χ4n) is 1.95. The van der Waals surface area contributed by atoms with Crippen molar-refractivity contribution in [3.05, 3.63) is 53.3 Å². The Morgan fingerprint density at radius 3 is 2.19 bits per heavy atom. The van der Waals surface area contributed by atoms with E-state index in [9.17, 15) is 9.18 Å². The van der Waals surface area contributed by atoms with Crippen LogP contribution in [0.2, 0.25) is 0 Å². The van der Waals surface area contributed by atoms with Gasteiger partial charge in [-0.15, -0.1) is 0 Å². The third-order valence-corrected chi connectivity index (χ3v) is 3.07. The molecule has 0 spiro atoms. The quantitative estimate of drug-likeness (QED) is 0.794. The minimum atomic E-state index is -0.587. The van der Waals surface area contributed by atoms with Crippen LogP contribution in [0.4, 0.5) is 4.39 Å². The van der Waals surface area contributed by atoms with E-state index < -0.39 is 5.82 Å². The predicted molar refractivity (Wildman–Crippen MR) is 75.9 cm³/mol. The molecular weight excluding hydrogens is 275 g/mol. The smallest absolute Gasteiger partial charge is 0.196 e. The summed E-state index contributed by atoms with van der Waals surface area (Å²) in [5, 5.41) is 0. The van der Waals surface area contributed by atoms with Crippen molar-refractivity contribution in [2.75, 3.05) is 21.3 Å². The Morgan fingerprint density at radius 2 is 1.62 bits per heavy atom. The van der Waals surface area contributed by atoms with E-state index in [4.69, 9.17) is 14.2 Å². The van der Waals surface area contributed by atoms with E-state index in [1.165, 1.54) is 33.5 Å². The molecule has 0 aliphatic carbocycles. The van der Waals surface area contributed by atoms with Gasteiger partial charge in [-0.1, -0.05) is 0 Å². The second-order valence-corrected chi connectivity index (χ2v) is 4.24. The Hall–Kier alpha value is -2.56. The molecule has 0 N–H and O–H groups in total. The van der Waals surface area contributed by atoms with Crippen LogP contribution >= 0.6 is 0 Å². The number of ketones is 1. The van der Waals surface area contributed by atoms with Gasteiger partial charge in [0.15, 0.2) is 17.3 Å². The summed E-state index contributed by atoms with van der Waals surface area (Å²) in [5.41, 5.74) is 0.555. The van der Waals surface area contributed by atoms with Crippen molar-refractivity contribution in [2.24, 2.45) is 0 Å². The van der Waals surface area contributed by atoms with Crippen LogP contribution in [0.15, 0.2) is 36.4 Å². The number of ether oxygens (including phenoxy) is 3. The number of carbonyl (C=O) groups excluding carboxylic acids is 1. The zero-order chi connectivity index (χ0) is 15.4. The minimum absolute atomic E-state index is 0.0910. The molecule has 2 rings (SSSR count). The lowest BCUT2D eigenvalue weighted by atomic mass is 10.0. The van der Waals surface area contributed by atoms with Gasteiger partial charge in [-0.25, -0.2) is 4.39 Å². The summed E-state index contributed by atoms with van der Waals surface area (Å²) < 4.78 is 28.8. The summed E-state index contributed by atoms with van der Waals surface area (Å²) in [6, 6.07) is 8.90. The molecule has 0 saturated carbocycles. The first-order chi connectivity index (χ1) is 10.1. The molecule has 0 amide bonds. The Labute approximate surface area is 122 Å². The van der Waals surface area contributed by atoms with E-state index in [1.54, 1.807) is 18.2 Å². The number of methoxy groups -OCH3 is 3. The highest BCUT2D eigenvalue weighted by molar-refractivity contribution is 6.10. The molecule has 0 saturated heterocycles. The van der Waals surface area contributed by atoms with Crippen molar-refractivity contribution in [1.82, 2.24) is 0 Å². The minimum Gasteiger partial charge on any atom is -0.497 e. The zero-order valence-electron chi connectivity index (χ0n) is 12.0.